The summed E-state index contributed by atoms with van der Waals surface area (Å²) in [4.78, 5) is 0. The third-order valence-corrected chi connectivity index (χ3v) is 0.785. The summed E-state index contributed by atoms with van der Waals surface area (Å²) in [5, 5.41) is 0. The summed E-state index contributed by atoms with van der Waals surface area (Å²) >= 11 is 0. The molecule has 0 saturated carbocycles. The monoisotopic (exact) mass is 122 g/mol. The summed E-state index contributed by atoms with van der Waals surface area (Å²) in [6, 6.07) is 0. The molecule has 1 unspecified atom stereocenters. The summed E-state index contributed by atoms with van der Waals surface area (Å²) in [7, 11) is 2.17. The van der Waals surface area contributed by atoms with Crippen LogP contribution in [-0.4, -0.2) is 19.8 Å². The van der Waals surface area contributed by atoms with Gasteiger partial charge in [-0.15, -0.1) is 0 Å². The molecule has 0 aromatic rings. The third kappa shape index (κ3) is 6.35. The van der Waals surface area contributed by atoms with Crippen molar-refractivity contribution in [2.75, 3.05) is 19.8 Å². The van der Waals surface area contributed by atoms with Crippen LogP contribution in [0.25, 0.3) is 0 Å². The first-order valence-corrected chi connectivity index (χ1v) is 2.78. The Labute approximate surface area is 46.5 Å². The smallest absolute Gasteiger partial charge is 0.0736 e. The van der Waals surface area contributed by atoms with Crippen molar-refractivity contribution < 1.29 is 9.26 Å². The van der Waals surface area contributed by atoms with Gasteiger partial charge in [0.2, 0.25) is 0 Å². The van der Waals surface area contributed by atoms with E-state index in [0.29, 0.717) is 13.2 Å². The second-order valence-electron chi connectivity index (χ2n) is 1.07. The molecule has 0 aromatic heterocycles. The third-order valence-electron chi connectivity index (χ3n) is 0.550. The highest BCUT2D eigenvalue weighted by Crippen LogP contribution is 1.82. The average Bonchev–Trinajstić information content (AvgIpc) is 1.69. The molecule has 0 bridgehead atoms. The molecule has 44 valence electrons. The lowest BCUT2D eigenvalue weighted by atomic mass is 10.8. The van der Waals surface area contributed by atoms with E-state index in [4.69, 9.17) is 4.74 Å². The molecule has 0 aliphatic carbocycles. The highest BCUT2D eigenvalue weighted by Gasteiger charge is 1.78. The van der Waals surface area contributed by atoms with Crippen molar-refractivity contribution in [3.63, 3.8) is 0 Å². The van der Waals surface area contributed by atoms with Crippen LogP contribution in [0.2, 0.25) is 0 Å². The molecule has 0 amide bonds. The van der Waals surface area contributed by atoms with Crippen molar-refractivity contribution in [3.8, 4) is 0 Å². The van der Waals surface area contributed by atoms with E-state index in [1.54, 1.807) is 0 Å². The van der Waals surface area contributed by atoms with Gasteiger partial charge in [-0.3, -0.25) is 0 Å². The van der Waals surface area contributed by atoms with Crippen LogP contribution in [0.3, 0.4) is 0 Å². The Morgan fingerprint density at radius 2 is 2.14 bits per heavy atom. The van der Waals surface area contributed by atoms with E-state index in [0.717, 1.165) is 6.61 Å². The number of ether oxygens (including phenoxy) is 1. The van der Waals surface area contributed by atoms with Gasteiger partial charge in [0.1, 0.15) is 0 Å². The van der Waals surface area contributed by atoms with Gasteiger partial charge >= 0.3 is 0 Å². The molecule has 7 heavy (non-hydrogen) atoms. The Morgan fingerprint density at radius 3 is 2.57 bits per heavy atom. The molecule has 0 radical (unpaired) electrons. The van der Waals surface area contributed by atoms with E-state index in [1.165, 1.54) is 0 Å². The van der Waals surface area contributed by atoms with Gasteiger partial charge in [-0.1, -0.05) is 0 Å². The lowest BCUT2D eigenvalue weighted by Crippen LogP contribution is -1.97. The molecular weight excluding hydrogens is 111 g/mol. The molecule has 0 aliphatic rings. The fraction of sp³-hybridized carbons (Fsp3) is 1.00. The summed E-state index contributed by atoms with van der Waals surface area (Å²) < 4.78 is 9.57. The average molecular weight is 122 g/mol. The standard InChI is InChI=1S/C4H11O2P/c1-2-5-3-4-6-7/h2-4,7H2,1H3. The van der Waals surface area contributed by atoms with Crippen LogP contribution < -0.4 is 0 Å². The van der Waals surface area contributed by atoms with E-state index in [9.17, 15) is 0 Å². The Kier molecular flexibility index (Phi) is 6.67. The van der Waals surface area contributed by atoms with Crippen LogP contribution >= 0.6 is 9.47 Å². The zero-order valence-corrected chi connectivity index (χ0v) is 5.67. The first-order chi connectivity index (χ1) is 3.41. The summed E-state index contributed by atoms with van der Waals surface area (Å²) in [6.07, 6.45) is 0. The van der Waals surface area contributed by atoms with Gasteiger partial charge in [-0.25, -0.2) is 0 Å². The minimum absolute atomic E-state index is 0.665. The maximum Gasteiger partial charge on any atom is 0.0736 e. The van der Waals surface area contributed by atoms with E-state index in [1.807, 2.05) is 6.92 Å². The van der Waals surface area contributed by atoms with Crippen molar-refractivity contribution in [3.05, 3.63) is 0 Å². The molecule has 0 aliphatic heterocycles. The first kappa shape index (κ1) is 7.35. The fourth-order valence-electron chi connectivity index (χ4n) is 0.251. The van der Waals surface area contributed by atoms with Crippen molar-refractivity contribution in [2.24, 2.45) is 0 Å². The van der Waals surface area contributed by atoms with Crippen LogP contribution in [0.4, 0.5) is 0 Å². The SMILES string of the molecule is CCOCCOP. The highest BCUT2D eigenvalue weighted by atomic mass is 31.0. The molecule has 0 saturated heterocycles. The first-order valence-electron chi connectivity index (χ1n) is 2.31. The zero-order chi connectivity index (χ0) is 5.54. The summed E-state index contributed by atoms with van der Waals surface area (Å²) in [6.45, 7) is 4.09. The van der Waals surface area contributed by atoms with Gasteiger partial charge in [0.05, 0.1) is 13.2 Å². The lowest BCUT2D eigenvalue weighted by molar-refractivity contribution is 0.117. The Hall–Kier alpha value is 0.350. The van der Waals surface area contributed by atoms with E-state index in [2.05, 4.69) is 14.0 Å². The van der Waals surface area contributed by atoms with E-state index >= 15 is 0 Å². The normalized spacial score (nSPS) is 9.43. The summed E-state index contributed by atoms with van der Waals surface area (Å²) in [5.74, 6) is 0. The lowest BCUT2D eigenvalue weighted by Gasteiger charge is -1.95. The van der Waals surface area contributed by atoms with Crippen molar-refractivity contribution in [1.29, 1.82) is 0 Å². The van der Waals surface area contributed by atoms with Crippen molar-refractivity contribution >= 4 is 9.47 Å². The number of rotatable bonds is 4. The predicted octanol–water partition coefficient (Wildman–Crippen LogP) is 0.830. The predicted molar refractivity (Wildman–Crippen MR) is 32.2 cm³/mol. The minimum atomic E-state index is 0.665. The second kappa shape index (κ2) is 6.35. The molecule has 0 heterocycles. The van der Waals surface area contributed by atoms with Gasteiger partial charge in [0.15, 0.2) is 0 Å². The largest absolute Gasteiger partial charge is 0.379 e. The Bertz CT molecular complexity index is 28.9. The zero-order valence-electron chi connectivity index (χ0n) is 4.52. The van der Waals surface area contributed by atoms with Crippen LogP contribution in [-0.2, 0) is 9.26 Å². The molecule has 3 heteroatoms. The van der Waals surface area contributed by atoms with Crippen molar-refractivity contribution in [1.82, 2.24) is 0 Å². The molecular formula is C4H11O2P. The van der Waals surface area contributed by atoms with E-state index in [-0.39, 0.29) is 0 Å². The minimum Gasteiger partial charge on any atom is -0.379 e. The maximum atomic E-state index is 4.94. The fourth-order valence-corrected chi connectivity index (χ4v) is 0.348. The molecule has 2 nitrogen and oxygen atoms in total. The van der Waals surface area contributed by atoms with Gasteiger partial charge in [-0.2, -0.15) is 0 Å². The van der Waals surface area contributed by atoms with Crippen LogP contribution in [0.5, 0.6) is 0 Å². The van der Waals surface area contributed by atoms with Crippen LogP contribution in [0.15, 0.2) is 0 Å². The number of hydrogen-bond acceptors (Lipinski definition) is 2. The molecule has 0 N–H and O–H groups in total. The van der Waals surface area contributed by atoms with Gasteiger partial charge in [-0.05, 0) is 6.92 Å². The Morgan fingerprint density at radius 1 is 1.43 bits per heavy atom. The van der Waals surface area contributed by atoms with Crippen molar-refractivity contribution in [2.45, 2.75) is 6.92 Å². The molecule has 0 rings (SSSR count). The second-order valence-corrected chi connectivity index (χ2v) is 1.40. The van der Waals surface area contributed by atoms with E-state index < -0.39 is 0 Å². The highest BCUT2D eigenvalue weighted by molar-refractivity contribution is 7.09. The molecule has 0 spiro atoms. The van der Waals surface area contributed by atoms with Crippen LogP contribution in [0.1, 0.15) is 6.92 Å². The Balaban J connectivity index is 2.45. The summed E-state index contributed by atoms with van der Waals surface area (Å²) in [5.41, 5.74) is 0. The van der Waals surface area contributed by atoms with Gasteiger partial charge < -0.3 is 9.26 Å². The van der Waals surface area contributed by atoms with Gasteiger partial charge in [0, 0.05) is 16.1 Å². The maximum absolute atomic E-state index is 4.94. The quantitative estimate of drug-likeness (QED) is 0.406. The topological polar surface area (TPSA) is 18.5 Å². The van der Waals surface area contributed by atoms with Crippen LogP contribution in [0, 0.1) is 0 Å². The molecule has 0 fully saturated rings. The van der Waals surface area contributed by atoms with Gasteiger partial charge in [0.25, 0.3) is 0 Å². The molecule has 1 atom stereocenters. The molecule has 0 aromatic carbocycles. The number of hydrogen-bond donors (Lipinski definition) is 0.